The Kier molecular flexibility index (Phi) is 6.51. The minimum Gasteiger partial charge on any atom is -0.334 e. The molecule has 6 nitrogen and oxygen atoms in total. The van der Waals surface area contributed by atoms with Crippen LogP contribution in [-0.2, 0) is 10.0 Å². The van der Waals surface area contributed by atoms with Crippen LogP contribution < -0.4 is 5.32 Å². The van der Waals surface area contributed by atoms with E-state index < -0.39 is 10.0 Å². The van der Waals surface area contributed by atoms with Crippen LogP contribution in [0.3, 0.4) is 0 Å². The van der Waals surface area contributed by atoms with Gasteiger partial charge in [-0.3, -0.25) is 0 Å². The third kappa shape index (κ3) is 4.17. The van der Waals surface area contributed by atoms with E-state index >= 15 is 0 Å². The third-order valence-electron chi connectivity index (χ3n) is 4.17. The van der Waals surface area contributed by atoms with Gasteiger partial charge >= 0.3 is 0 Å². The van der Waals surface area contributed by atoms with Gasteiger partial charge in [-0.15, -0.1) is 12.4 Å². The van der Waals surface area contributed by atoms with Crippen molar-refractivity contribution in [3.63, 3.8) is 0 Å². The van der Waals surface area contributed by atoms with Crippen LogP contribution in [0.4, 0.5) is 0 Å². The number of piperazine rings is 1. The molecule has 1 aliphatic rings. The van der Waals surface area contributed by atoms with Crippen molar-refractivity contribution in [2.45, 2.75) is 31.0 Å². The Morgan fingerprint density at radius 2 is 2.12 bits per heavy atom. The van der Waals surface area contributed by atoms with Gasteiger partial charge in [0.2, 0.25) is 0 Å². The molecule has 0 amide bonds. The maximum Gasteiger partial charge on any atom is 0.262 e. The number of halogens is 2. The summed E-state index contributed by atoms with van der Waals surface area (Å²) in [5.41, 5.74) is 0.876. The second-order valence-electron chi connectivity index (χ2n) is 6.14. The maximum atomic E-state index is 13.1. The topological polar surface area (TPSA) is 67.2 Å². The lowest BCUT2D eigenvalue weighted by molar-refractivity contribution is 0.271. The minimum absolute atomic E-state index is 0. The second-order valence-corrected chi connectivity index (χ2v) is 8.42. The van der Waals surface area contributed by atoms with Crippen LogP contribution in [-0.4, -0.2) is 41.9 Å². The molecule has 2 aromatic rings. The van der Waals surface area contributed by atoms with E-state index in [1.165, 1.54) is 4.31 Å². The Balaban J connectivity index is 0.00000225. The highest BCUT2D eigenvalue weighted by molar-refractivity contribution is 7.89. The molecule has 0 saturated carbocycles. The van der Waals surface area contributed by atoms with Crippen LogP contribution in [0.25, 0.3) is 0 Å². The molecule has 3 rings (SSSR count). The summed E-state index contributed by atoms with van der Waals surface area (Å²) in [5.74, 6) is 0. The van der Waals surface area contributed by atoms with Gasteiger partial charge < -0.3 is 9.88 Å². The SMILES string of the molecule is CC(C)n1cnc(S(=O)(=O)N2CCNCC2c2cccc(Cl)c2)c1.Cl. The van der Waals surface area contributed by atoms with Crippen molar-refractivity contribution in [2.24, 2.45) is 0 Å². The predicted octanol–water partition coefficient (Wildman–Crippen LogP) is 2.87. The van der Waals surface area contributed by atoms with Crippen LogP contribution in [0, 0.1) is 0 Å². The number of benzene rings is 1. The normalized spacial score (nSPS) is 19.0. The van der Waals surface area contributed by atoms with Gasteiger partial charge in [-0.25, -0.2) is 13.4 Å². The molecule has 2 heterocycles. The van der Waals surface area contributed by atoms with Crippen LogP contribution in [0.2, 0.25) is 5.02 Å². The molecule has 138 valence electrons. The number of imidazole rings is 1. The van der Waals surface area contributed by atoms with E-state index in [2.05, 4.69) is 10.3 Å². The highest BCUT2D eigenvalue weighted by atomic mass is 35.5. The predicted molar refractivity (Wildman–Crippen MR) is 101 cm³/mol. The lowest BCUT2D eigenvalue weighted by Gasteiger charge is -2.35. The van der Waals surface area contributed by atoms with Crippen LogP contribution in [0.5, 0.6) is 0 Å². The molecule has 0 radical (unpaired) electrons. The fourth-order valence-electron chi connectivity index (χ4n) is 2.82. The molecule has 1 aromatic carbocycles. The van der Waals surface area contributed by atoms with Gasteiger partial charge in [-0.1, -0.05) is 23.7 Å². The van der Waals surface area contributed by atoms with Crippen molar-refractivity contribution in [3.05, 3.63) is 47.4 Å². The number of nitrogens with one attached hydrogen (secondary N) is 1. The average molecular weight is 405 g/mol. The molecule has 1 saturated heterocycles. The zero-order valence-electron chi connectivity index (χ0n) is 14.1. The summed E-state index contributed by atoms with van der Waals surface area (Å²) in [6, 6.07) is 7.20. The summed E-state index contributed by atoms with van der Waals surface area (Å²) in [6.45, 7) is 5.52. The molecule has 1 atom stereocenters. The summed E-state index contributed by atoms with van der Waals surface area (Å²) in [5, 5.41) is 3.94. The summed E-state index contributed by atoms with van der Waals surface area (Å²) < 4.78 is 29.5. The molecule has 1 unspecified atom stereocenters. The molecular formula is C16H22Cl2N4O2S. The van der Waals surface area contributed by atoms with Crippen molar-refractivity contribution in [2.75, 3.05) is 19.6 Å². The van der Waals surface area contributed by atoms with E-state index in [9.17, 15) is 8.42 Å². The van der Waals surface area contributed by atoms with Gasteiger partial charge in [0, 0.05) is 36.9 Å². The van der Waals surface area contributed by atoms with Crippen molar-refractivity contribution in [1.82, 2.24) is 19.2 Å². The molecular weight excluding hydrogens is 383 g/mol. The lowest BCUT2D eigenvalue weighted by atomic mass is 10.1. The monoisotopic (exact) mass is 404 g/mol. The molecule has 25 heavy (non-hydrogen) atoms. The van der Waals surface area contributed by atoms with Crippen molar-refractivity contribution in [1.29, 1.82) is 0 Å². The number of sulfonamides is 1. The van der Waals surface area contributed by atoms with Gasteiger partial charge in [0.25, 0.3) is 10.0 Å². The van der Waals surface area contributed by atoms with Crippen molar-refractivity contribution < 1.29 is 8.42 Å². The van der Waals surface area contributed by atoms with Crippen LogP contribution >= 0.6 is 24.0 Å². The summed E-state index contributed by atoms with van der Waals surface area (Å²) >= 11 is 6.08. The zero-order chi connectivity index (χ0) is 17.3. The van der Waals surface area contributed by atoms with Gasteiger partial charge in [0.05, 0.1) is 12.4 Å². The number of nitrogens with zero attached hydrogens (tertiary/aromatic N) is 3. The number of aromatic nitrogens is 2. The third-order valence-corrected chi connectivity index (χ3v) is 6.20. The van der Waals surface area contributed by atoms with Gasteiger partial charge in [-0.2, -0.15) is 4.31 Å². The summed E-state index contributed by atoms with van der Waals surface area (Å²) in [6.07, 6.45) is 3.16. The Hall–Kier alpha value is -1.12. The molecule has 1 N–H and O–H groups in total. The summed E-state index contributed by atoms with van der Waals surface area (Å²) in [7, 11) is -3.67. The fraction of sp³-hybridized carbons (Fsp3) is 0.438. The van der Waals surface area contributed by atoms with Gasteiger partial charge in [0.15, 0.2) is 5.03 Å². The van der Waals surface area contributed by atoms with Crippen molar-refractivity contribution in [3.8, 4) is 0 Å². The number of hydrogen-bond acceptors (Lipinski definition) is 4. The average Bonchev–Trinajstić information content (AvgIpc) is 3.06. The highest BCUT2D eigenvalue weighted by Crippen LogP contribution is 2.29. The second kappa shape index (κ2) is 8.05. The molecule has 1 fully saturated rings. The Labute approximate surface area is 159 Å². The van der Waals surface area contributed by atoms with Gasteiger partial charge in [0.1, 0.15) is 0 Å². The van der Waals surface area contributed by atoms with E-state index in [0.29, 0.717) is 24.7 Å². The smallest absolute Gasteiger partial charge is 0.262 e. The highest BCUT2D eigenvalue weighted by Gasteiger charge is 2.35. The zero-order valence-corrected chi connectivity index (χ0v) is 16.5. The Bertz CT molecular complexity index is 823. The molecule has 9 heteroatoms. The Morgan fingerprint density at radius 1 is 1.36 bits per heavy atom. The largest absolute Gasteiger partial charge is 0.334 e. The molecule has 1 aromatic heterocycles. The first-order valence-electron chi connectivity index (χ1n) is 7.91. The van der Waals surface area contributed by atoms with E-state index in [-0.39, 0.29) is 29.5 Å². The minimum atomic E-state index is -3.67. The van der Waals surface area contributed by atoms with E-state index in [0.717, 1.165) is 5.56 Å². The van der Waals surface area contributed by atoms with Gasteiger partial charge in [-0.05, 0) is 31.5 Å². The fourth-order valence-corrected chi connectivity index (χ4v) is 4.56. The standard InChI is InChI=1S/C16H21ClN4O2S.ClH/c1-12(2)20-10-16(19-11-20)24(22,23)21-7-6-18-9-15(21)13-4-3-5-14(17)8-13;/h3-5,8,10-12,15,18H,6-7,9H2,1-2H3;1H. The van der Waals surface area contributed by atoms with Crippen LogP contribution in [0.1, 0.15) is 31.5 Å². The Morgan fingerprint density at radius 3 is 2.76 bits per heavy atom. The van der Waals surface area contributed by atoms with Crippen molar-refractivity contribution >= 4 is 34.0 Å². The van der Waals surface area contributed by atoms with E-state index in [1.54, 1.807) is 23.2 Å². The quantitative estimate of drug-likeness (QED) is 0.850. The maximum absolute atomic E-state index is 13.1. The molecule has 0 bridgehead atoms. The molecule has 0 spiro atoms. The number of rotatable bonds is 4. The van der Waals surface area contributed by atoms with E-state index in [1.807, 2.05) is 32.0 Å². The molecule has 1 aliphatic heterocycles. The first kappa shape index (κ1) is 20.2. The van der Waals surface area contributed by atoms with Crippen LogP contribution in [0.15, 0.2) is 41.8 Å². The lowest BCUT2D eigenvalue weighted by Crippen LogP contribution is -2.48. The first-order valence-corrected chi connectivity index (χ1v) is 9.73. The van der Waals surface area contributed by atoms with E-state index in [4.69, 9.17) is 11.6 Å². The molecule has 0 aliphatic carbocycles. The number of hydrogen-bond donors (Lipinski definition) is 1. The summed E-state index contributed by atoms with van der Waals surface area (Å²) in [4.78, 5) is 4.12. The first-order chi connectivity index (χ1) is 11.4.